The molecule has 0 aromatic carbocycles. The van der Waals surface area contributed by atoms with E-state index in [1.807, 2.05) is 0 Å². The summed E-state index contributed by atoms with van der Waals surface area (Å²) in [4.78, 5) is 0. The Balaban J connectivity index is 1.80. The van der Waals surface area contributed by atoms with Crippen LogP contribution in [0.25, 0.3) is 0 Å². The topological polar surface area (TPSA) is 12.0 Å². The summed E-state index contributed by atoms with van der Waals surface area (Å²) in [6, 6.07) is 0. The van der Waals surface area contributed by atoms with Gasteiger partial charge >= 0.3 is 0 Å². The zero-order valence-electron chi connectivity index (χ0n) is 12.1. The van der Waals surface area contributed by atoms with E-state index in [2.05, 4.69) is 26.1 Å². The summed E-state index contributed by atoms with van der Waals surface area (Å²) in [6.07, 6.45) is 10.5. The van der Waals surface area contributed by atoms with Crippen LogP contribution in [-0.2, 0) is 0 Å². The van der Waals surface area contributed by atoms with E-state index >= 15 is 0 Å². The quantitative estimate of drug-likeness (QED) is 0.699. The van der Waals surface area contributed by atoms with Gasteiger partial charge in [0.1, 0.15) is 0 Å². The van der Waals surface area contributed by atoms with Gasteiger partial charge in [-0.3, -0.25) is 0 Å². The fourth-order valence-corrected chi connectivity index (χ4v) is 3.68. The molecule has 0 heterocycles. The molecule has 0 aromatic heterocycles. The first kappa shape index (κ1) is 13.4. The van der Waals surface area contributed by atoms with Crippen molar-refractivity contribution in [3.63, 3.8) is 0 Å². The summed E-state index contributed by atoms with van der Waals surface area (Å²) >= 11 is 0. The Morgan fingerprint density at radius 1 is 1.12 bits per heavy atom. The monoisotopic (exact) mass is 237 g/mol. The SMILES string of the molecule is CC(C)CNCC(C)(CC1CCCC1)C1CC1. The molecule has 1 unspecified atom stereocenters. The summed E-state index contributed by atoms with van der Waals surface area (Å²) in [7, 11) is 0. The van der Waals surface area contributed by atoms with E-state index in [0.717, 1.165) is 17.8 Å². The zero-order valence-corrected chi connectivity index (χ0v) is 12.1. The molecule has 0 saturated heterocycles. The molecule has 100 valence electrons. The minimum absolute atomic E-state index is 0.601. The van der Waals surface area contributed by atoms with Crippen molar-refractivity contribution in [2.45, 2.75) is 65.7 Å². The summed E-state index contributed by atoms with van der Waals surface area (Å²) in [5.74, 6) is 2.86. The first-order chi connectivity index (χ1) is 8.10. The Bertz CT molecular complexity index is 226. The largest absolute Gasteiger partial charge is 0.316 e. The van der Waals surface area contributed by atoms with Crippen molar-refractivity contribution in [1.82, 2.24) is 5.32 Å². The molecule has 0 amide bonds. The molecule has 2 rings (SSSR count). The first-order valence-electron chi connectivity index (χ1n) is 7.81. The summed E-state index contributed by atoms with van der Waals surface area (Å²) in [6.45, 7) is 9.60. The van der Waals surface area contributed by atoms with Gasteiger partial charge in [0.15, 0.2) is 0 Å². The van der Waals surface area contributed by atoms with E-state index in [9.17, 15) is 0 Å². The van der Waals surface area contributed by atoms with Crippen molar-refractivity contribution in [2.75, 3.05) is 13.1 Å². The number of nitrogens with one attached hydrogen (secondary N) is 1. The average molecular weight is 237 g/mol. The van der Waals surface area contributed by atoms with E-state index in [1.54, 1.807) is 0 Å². The van der Waals surface area contributed by atoms with Crippen LogP contribution in [0.15, 0.2) is 0 Å². The molecular weight excluding hydrogens is 206 g/mol. The molecule has 0 aromatic rings. The fourth-order valence-electron chi connectivity index (χ4n) is 3.68. The molecule has 17 heavy (non-hydrogen) atoms. The average Bonchev–Trinajstić information content (AvgIpc) is 3.00. The van der Waals surface area contributed by atoms with E-state index in [4.69, 9.17) is 0 Å². The summed E-state index contributed by atoms with van der Waals surface area (Å²) < 4.78 is 0. The second-order valence-electron chi connectivity index (χ2n) is 7.31. The third kappa shape index (κ3) is 3.98. The molecule has 0 radical (unpaired) electrons. The molecule has 1 N–H and O–H groups in total. The van der Waals surface area contributed by atoms with Crippen LogP contribution in [0, 0.1) is 23.2 Å². The second kappa shape index (κ2) is 5.73. The van der Waals surface area contributed by atoms with Crippen LogP contribution < -0.4 is 5.32 Å². The van der Waals surface area contributed by atoms with Gasteiger partial charge in [-0.1, -0.05) is 46.5 Å². The molecule has 1 atom stereocenters. The van der Waals surface area contributed by atoms with Crippen LogP contribution in [0.4, 0.5) is 0 Å². The van der Waals surface area contributed by atoms with Crippen molar-refractivity contribution >= 4 is 0 Å². The molecule has 0 bridgehead atoms. The second-order valence-corrected chi connectivity index (χ2v) is 7.31. The maximum absolute atomic E-state index is 3.72. The fraction of sp³-hybridized carbons (Fsp3) is 1.00. The maximum Gasteiger partial charge on any atom is 0.000803 e. The van der Waals surface area contributed by atoms with Gasteiger partial charge in [0.25, 0.3) is 0 Å². The predicted octanol–water partition coefficient (Wildman–Crippen LogP) is 4.23. The lowest BCUT2D eigenvalue weighted by Gasteiger charge is -2.33. The lowest BCUT2D eigenvalue weighted by atomic mass is 9.76. The van der Waals surface area contributed by atoms with Gasteiger partial charge in [-0.05, 0) is 49.0 Å². The van der Waals surface area contributed by atoms with Crippen LogP contribution in [0.1, 0.15) is 65.7 Å². The number of hydrogen-bond acceptors (Lipinski definition) is 1. The van der Waals surface area contributed by atoms with Crippen molar-refractivity contribution < 1.29 is 0 Å². The molecule has 2 fully saturated rings. The molecule has 0 spiro atoms. The first-order valence-corrected chi connectivity index (χ1v) is 7.81. The van der Waals surface area contributed by atoms with Gasteiger partial charge in [-0.2, -0.15) is 0 Å². The molecule has 2 aliphatic rings. The minimum Gasteiger partial charge on any atom is -0.316 e. The van der Waals surface area contributed by atoms with Gasteiger partial charge < -0.3 is 5.32 Å². The lowest BCUT2D eigenvalue weighted by molar-refractivity contribution is 0.193. The number of rotatable bonds is 7. The van der Waals surface area contributed by atoms with E-state index in [1.165, 1.54) is 58.0 Å². The molecule has 0 aliphatic heterocycles. The smallest absolute Gasteiger partial charge is 0.000803 e. The van der Waals surface area contributed by atoms with Crippen LogP contribution in [0.3, 0.4) is 0 Å². The van der Waals surface area contributed by atoms with E-state index in [-0.39, 0.29) is 0 Å². The highest BCUT2D eigenvalue weighted by Crippen LogP contribution is 2.50. The molecule has 2 saturated carbocycles. The lowest BCUT2D eigenvalue weighted by Crippen LogP contribution is -2.36. The van der Waals surface area contributed by atoms with Crippen LogP contribution in [0.5, 0.6) is 0 Å². The minimum atomic E-state index is 0.601. The Hall–Kier alpha value is -0.0400. The Morgan fingerprint density at radius 2 is 1.76 bits per heavy atom. The van der Waals surface area contributed by atoms with Gasteiger partial charge in [0, 0.05) is 6.54 Å². The molecular formula is C16H31N. The van der Waals surface area contributed by atoms with Crippen molar-refractivity contribution in [1.29, 1.82) is 0 Å². The van der Waals surface area contributed by atoms with Crippen molar-refractivity contribution in [2.24, 2.45) is 23.2 Å². The third-order valence-corrected chi connectivity index (χ3v) is 4.87. The van der Waals surface area contributed by atoms with Crippen molar-refractivity contribution in [3.8, 4) is 0 Å². The van der Waals surface area contributed by atoms with Gasteiger partial charge in [0.2, 0.25) is 0 Å². The van der Waals surface area contributed by atoms with Crippen molar-refractivity contribution in [3.05, 3.63) is 0 Å². The summed E-state index contributed by atoms with van der Waals surface area (Å²) in [5.41, 5.74) is 0.601. The maximum atomic E-state index is 3.72. The Morgan fingerprint density at radius 3 is 2.29 bits per heavy atom. The third-order valence-electron chi connectivity index (χ3n) is 4.87. The van der Waals surface area contributed by atoms with Crippen LogP contribution >= 0.6 is 0 Å². The van der Waals surface area contributed by atoms with E-state index < -0.39 is 0 Å². The Kier molecular flexibility index (Phi) is 4.52. The summed E-state index contributed by atoms with van der Waals surface area (Å²) in [5, 5.41) is 3.72. The van der Waals surface area contributed by atoms with Crippen LogP contribution in [-0.4, -0.2) is 13.1 Å². The highest BCUT2D eigenvalue weighted by molar-refractivity contribution is 4.94. The normalized spacial score (nSPS) is 25.4. The van der Waals surface area contributed by atoms with Gasteiger partial charge in [0.05, 0.1) is 0 Å². The highest BCUT2D eigenvalue weighted by atomic mass is 14.9. The van der Waals surface area contributed by atoms with Gasteiger partial charge in [-0.25, -0.2) is 0 Å². The van der Waals surface area contributed by atoms with Gasteiger partial charge in [-0.15, -0.1) is 0 Å². The molecule has 1 nitrogen and oxygen atoms in total. The highest BCUT2D eigenvalue weighted by Gasteiger charge is 2.42. The molecule has 1 heteroatoms. The predicted molar refractivity (Wildman–Crippen MR) is 75.1 cm³/mol. The van der Waals surface area contributed by atoms with E-state index in [0.29, 0.717) is 5.41 Å². The zero-order chi connectivity index (χ0) is 12.3. The molecule has 2 aliphatic carbocycles. The standard InChI is InChI=1S/C16H31N/c1-13(2)11-17-12-16(3,15-8-9-15)10-14-6-4-5-7-14/h13-15,17H,4-12H2,1-3H3. The Labute approximate surface area is 108 Å². The van der Waals surface area contributed by atoms with Crippen LogP contribution in [0.2, 0.25) is 0 Å². The number of hydrogen-bond donors (Lipinski definition) is 1.